The van der Waals surface area contributed by atoms with Crippen LogP contribution in [-0.4, -0.2) is 76.3 Å². The first-order chi connectivity index (χ1) is 19.7. The smallest absolute Gasteiger partial charge is 0.419 e. The zero-order valence-electron chi connectivity index (χ0n) is 23.2. The van der Waals surface area contributed by atoms with E-state index in [1.54, 1.807) is 12.1 Å². The lowest BCUT2D eigenvalue weighted by atomic mass is 10.00. The van der Waals surface area contributed by atoms with Crippen LogP contribution in [0.2, 0.25) is 0 Å². The third-order valence-corrected chi connectivity index (χ3v) is 8.62. The highest BCUT2D eigenvalue weighted by atomic mass is 32.2. The van der Waals surface area contributed by atoms with Crippen LogP contribution in [-0.2, 0) is 41.6 Å². The van der Waals surface area contributed by atoms with Crippen molar-refractivity contribution in [3.8, 4) is 11.3 Å². The molecule has 0 radical (unpaired) electrons. The van der Waals surface area contributed by atoms with Crippen molar-refractivity contribution in [2.75, 3.05) is 27.2 Å². The van der Waals surface area contributed by atoms with E-state index >= 15 is 0 Å². The number of benzene rings is 2. The molecular formula is C30H33N3O7S. The number of carboxylic acid groups (broad SMARTS) is 1. The number of hydrogen-bond acceptors (Lipinski definition) is 9. The number of piperidine rings is 1. The Hall–Kier alpha value is -3.67. The minimum atomic E-state index is -1.60. The topological polar surface area (TPSA) is 120 Å². The number of aromatic nitrogens is 2. The first kappa shape index (κ1) is 28.8. The molecule has 3 heterocycles. The molecule has 11 heteroatoms. The second-order valence-corrected chi connectivity index (χ2v) is 11.4. The summed E-state index contributed by atoms with van der Waals surface area (Å²) in [6.45, 7) is 4.86. The van der Waals surface area contributed by atoms with Gasteiger partial charge in [-0.3, -0.25) is 0 Å². The van der Waals surface area contributed by atoms with Gasteiger partial charge in [-0.25, -0.2) is 19.4 Å². The average Bonchev–Trinajstić information content (AvgIpc) is 3.22. The Morgan fingerprint density at radius 3 is 2.41 bits per heavy atom. The van der Waals surface area contributed by atoms with Crippen LogP contribution in [0.3, 0.4) is 0 Å². The van der Waals surface area contributed by atoms with E-state index < -0.39 is 23.3 Å². The van der Waals surface area contributed by atoms with E-state index in [9.17, 15) is 19.5 Å². The fraction of sp³-hybridized carbons (Fsp3) is 0.400. The van der Waals surface area contributed by atoms with Crippen LogP contribution in [0.5, 0.6) is 0 Å². The van der Waals surface area contributed by atoms with E-state index in [0.717, 1.165) is 86.1 Å². The molecule has 1 fully saturated rings. The van der Waals surface area contributed by atoms with Crippen molar-refractivity contribution in [3.63, 3.8) is 0 Å². The van der Waals surface area contributed by atoms with Gasteiger partial charge in [-0.2, -0.15) is 0 Å². The maximum Gasteiger partial charge on any atom is 0.419 e. The number of ether oxygens (including phenoxy) is 3. The van der Waals surface area contributed by atoms with Crippen LogP contribution >= 0.6 is 11.8 Å². The molecule has 1 saturated heterocycles. The number of esters is 2. The normalized spacial score (nSPS) is 18.1. The largest absolute Gasteiger partial charge is 0.478 e. The molecule has 10 nitrogen and oxygen atoms in total. The zero-order chi connectivity index (χ0) is 29.1. The van der Waals surface area contributed by atoms with Crippen molar-refractivity contribution in [2.45, 2.75) is 55.3 Å². The summed E-state index contributed by atoms with van der Waals surface area (Å²) in [7, 11) is 3.16. The number of aliphatic carboxylic acids is 1. The van der Waals surface area contributed by atoms with Crippen molar-refractivity contribution >= 4 is 29.7 Å². The average molecular weight is 580 g/mol. The Morgan fingerprint density at radius 1 is 1.02 bits per heavy atom. The number of thioether (sulfide) groups is 1. The predicted molar refractivity (Wildman–Crippen MR) is 151 cm³/mol. The van der Waals surface area contributed by atoms with Crippen molar-refractivity contribution in [1.29, 1.82) is 0 Å². The van der Waals surface area contributed by atoms with E-state index in [1.165, 1.54) is 5.56 Å². The van der Waals surface area contributed by atoms with Crippen LogP contribution in [0.25, 0.3) is 11.3 Å². The molecule has 5 rings (SSSR count). The number of carboxylic acids is 1. The van der Waals surface area contributed by atoms with Gasteiger partial charge in [-0.15, -0.1) is 0 Å². The number of rotatable bonds is 7. The number of hydrogen-bond donors (Lipinski definition) is 1. The van der Waals surface area contributed by atoms with Crippen molar-refractivity contribution in [2.24, 2.45) is 0 Å². The van der Waals surface area contributed by atoms with E-state index in [0.29, 0.717) is 4.90 Å². The van der Waals surface area contributed by atoms with Gasteiger partial charge in [-0.05, 0) is 56.5 Å². The Bertz CT molecular complexity index is 1430. The highest BCUT2D eigenvalue weighted by Crippen LogP contribution is 2.38. The molecule has 0 spiro atoms. The van der Waals surface area contributed by atoms with Crippen molar-refractivity contribution in [1.82, 2.24) is 14.5 Å². The molecule has 2 aliphatic rings. The summed E-state index contributed by atoms with van der Waals surface area (Å²) in [6.07, 6.45) is 2.72. The molecule has 2 aliphatic heterocycles. The summed E-state index contributed by atoms with van der Waals surface area (Å²) in [6, 6.07) is 15.7. The molecule has 0 aliphatic carbocycles. The quantitative estimate of drug-likeness (QED) is 0.191. The maximum atomic E-state index is 11.7. The van der Waals surface area contributed by atoms with Crippen LogP contribution < -0.4 is 0 Å². The van der Waals surface area contributed by atoms with Crippen LogP contribution in [0, 0.1) is 6.92 Å². The number of likely N-dealkylation sites (tertiary alicyclic amines) is 1. The number of aryl methyl sites for hydroxylation is 1. The molecule has 0 amide bonds. The number of nitrogens with zero attached hydrogens (tertiary/aromatic N) is 3. The third kappa shape index (κ3) is 6.32. The summed E-state index contributed by atoms with van der Waals surface area (Å²) in [5.74, 6) is -3.12. The van der Waals surface area contributed by atoms with Gasteiger partial charge in [0.05, 0.1) is 18.9 Å². The monoisotopic (exact) mass is 579 g/mol. The fourth-order valence-electron chi connectivity index (χ4n) is 5.32. The van der Waals surface area contributed by atoms with Crippen LogP contribution in [0.15, 0.2) is 53.4 Å². The Balaban J connectivity index is 1.41. The minimum absolute atomic E-state index is 0.156. The predicted octanol–water partition coefficient (Wildman–Crippen LogP) is 3.83. The van der Waals surface area contributed by atoms with E-state index in [2.05, 4.69) is 52.4 Å². The molecular weight excluding hydrogens is 546 g/mol. The van der Waals surface area contributed by atoms with Gasteiger partial charge in [0.15, 0.2) is 0 Å². The van der Waals surface area contributed by atoms with Gasteiger partial charge < -0.3 is 28.8 Å². The summed E-state index contributed by atoms with van der Waals surface area (Å²) in [5.41, 5.74) is 3.57. The first-order valence-corrected chi connectivity index (χ1v) is 14.4. The maximum absolute atomic E-state index is 11.7. The molecule has 1 N–H and O–H groups in total. The second kappa shape index (κ2) is 12.5. The number of carbonyl (C=O) groups is 3. The molecule has 3 aromatic rings. The Labute approximate surface area is 242 Å². The first-order valence-electron chi connectivity index (χ1n) is 13.5. The van der Waals surface area contributed by atoms with E-state index in [4.69, 9.17) is 14.5 Å². The highest BCUT2D eigenvalue weighted by Gasteiger charge is 2.32. The molecule has 216 valence electrons. The summed E-state index contributed by atoms with van der Waals surface area (Å²) in [4.78, 5) is 42.7. The van der Waals surface area contributed by atoms with Gasteiger partial charge in [-0.1, -0.05) is 48.2 Å². The lowest BCUT2D eigenvalue weighted by molar-refractivity contribution is -0.170. The SMILES string of the molecule is COC(=O)C(=O)OC(Sc1ccc(-c2nc3n(c2C)CCc2ccccc2C3OC2CCN(C)CC2)cc1)C(=O)O. The second-order valence-electron chi connectivity index (χ2n) is 10.2. The van der Waals surface area contributed by atoms with E-state index in [1.807, 2.05) is 12.1 Å². The van der Waals surface area contributed by atoms with Crippen molar-refractivity contribution in [3.05, 3.63) is 71.2 Å². The van der Waals surface area contributed by atoms with Gasteiger partial charge in [0, 0.05) is 35.8 Å². The number of fused-ring (bicyclic) bond motifs is 2. The molecule has 1 aromatic heterocycles. The zero-order valence-corrected chi connectivity index (χ0v) is 24.1. The molecule has 2 aromatic carbocycles. The van der Waals surface area contributed by atoms with Crippen LogP contribution in [0.1, 0.15) is 41.6 Å². The fourth-order valence-corrected chi connectivity index (χ4v) is 6.09. The molecule has 0 bridgehead atoms. The third-order valence-electron chi connectivity index (χ3n) is 7.56. The minimum Gasteiger partial charge on any atom is -0.478 e. The number of imidazole rings is 1. The summed E-state index contributed by atoms with van der Waals surface area (Å²) >= 11 is 0.804. The van der Waals surface area contributed by atoms with Gasteiger partial charge in [0.2, 0.25) is 5.44 Å². The Kier molecular flexibility index (Phi) is 8.77. The van der Waals surface area contributed by atoms with Gasteiger partial charge >= 0.3 is 17.9 Å². The lowest BCUT2D eigenvalue weighted by Gasteiger charge is -2.32. The van der Waals surface area contributed by atoms with E-state index in [-0.39, 0.29) is 12.2 Å². The highest BCUT2D eigenvalue weighted by molar-refractivity contribution is 8.00. The Morgan fingerprint density at radius 2 is 1.73 bits per heavy atom. The standard InChI is InChI=1S/C30H33N3O7S/c1-18-24(20-8-10-22(11-9-20)41-30(27(34)35)40-29(37)28(36)38-3)31-26-25(39-21-13-15-32(2)16-14-21)23-7-5-4-6-19(23)12-17-33(18)26/h4-11,21,25,30H,12-17H2,1-3H3,(H,34,35). The van der Waals surface area contributed by atoms with Crippen LogP contribution in [0.4, 0.5) is 0 Å². The molecule has 2 atom stereocenters. The molecule has 0 saturated carbocycles. The lowest BCUT2D eigenvalue weighted by Crippen LogP contribution is -2.35. The molecule has 41 heavy (non-hydrogen) atoms. The number of carbonyl (C=O) groups excluding carboxylic acids is 2. The van der Waals surface area contributed by atoms with Gasteiger partial charge in [0.1, 0.15) is 11.9 Å². The summed E-state index contributed by atoms with van der Waals surface area (Å²) < 4.78 is 18.2. The van der Waals surface area contributed by atoms with Gasteiger partial charge in [0.25, 0.3) is 0 Å². The number of methoxy groups -OCH3 is 1. The van der Waals surface area contributed by atoms with Crippen molar-refractivity contribution < 1.29 is 33.7 Å². The molecule has 2 unspecified atom stereocenters. The summed E-state index contributed by atoms with van der Waals surface area (Å²) in [5, 5.41) is 9.47.